The van der Waals surface area contributed by atoms with Crippen molar-refractivity contribution in [3.8, 4) is 11.4 Å². The molecule has 106 valence electrons. The maximum absolute atomic E-state index is 6.24. The molecule has 0 spiro atoms. The fraction of sp³-hybridized carbons (Fsp3) is 0.286. The van der Waals surface area contributed by atoms with Gasteiger partial charge in [-0.05, 0) is 85.0 Å². The zero-order valence-electron chi connectivity index (χ0n) is 10.9. The Morgan fingerprint density at radius 3 is 2.50 bits per heavy atom. The second kappa shape index (κ2) is 7.03. The number of aromatic nitrogens is 2. The topological polar surface area (TPSA) is 25.8 Å². The molecule has 0 aliphatic rings. The van der Waals surface area contributed by atoms with Crippen molar-refractivity contribution < 1.29 is 0 Å². The zero-order valence-corrected chi connectivity index (χ0v) is 17.0. The van der Waals surface area contributed by atoms with Gasteiger partial charge in [0.25, 0.3) is 0 Å². The standard InChI is InChI=1S/C14H12Br2ClIN2/c1-7(2)5-11-12(18)13(17)20-14(19-11)8-3-4-9(15)10(16)6-8/h3-4,6-7H,5H2,1-2H3. The molecule has 0 amide bonds. The van der Waals surface area contributed by atoms with Crippen molar-refractivity contribution in [2.45, 2.75) is 20.3 Å². The Hall–Kier alpha value is 0.280. The van der Waals surface area contributed by atoms with Crippen LogP contribution in [0.4, 0.5) is 0 Å². The highest BCUT2D eigenvalue weighted by Crippen LogP contribution is 2.30. The van der Waals surface area contributed by atoms with E-state index in [1.807, 2.05) is 18.2 Å². The molecule has 0 atom stereocenters. The van der Waals surface area contributed by atoms with Crippen molar-refractivity contribution in [1.29, 1.82) is 0 Å². The van der Waals surface area contributed by atoms with Crippen LogP contribution in [0.2, 0.25) is 5.15 Å². The van der Waals surface area contributed by atoms with Gasteiger partial charge in [0.15, 0.2) is 5.82 Å². The minimum absolute atomic E-state index is 0.519. The van der Waals surface area contributed by atoms with Gasteiger partial charge in [-0.15, -0.1) is 0 Å². The van der Waals surface area contributed by atoms with E-state index in [1.54, 1.807) is 0 Å². The van der Waals surface area contributed by atoms with Crippen molar-refractivity contribution in [3.63, 3.8) is 0 Å². The third-order valence-corrected chi connectivity index (χ3v) is 6.26. The minimum atomic E-state index is 0.519. The third-order valence-electron chi connectivity index (χ3n) is 2.66. The lowest BCUT2D eigenvalue weighted by Crippen LogP contribution is -2.04. The molecule has 2 rings (SSSR count). The second-order valence-corrected chi connectivity index (χ2v) is 7.97. The highest BCUT2D eigenvalue weighted by molar-refractivity contribution is 14.1. The summed E-state index contributed by atoms with van der Waals surface area (Å²) in [6, 6.07) is 5.94. The second-order valence-electron chi connectivity index (χ2n) is 4.83. The van der Waals surface area contributed by atoms with Gasteiger partial charge >= 0.3 is 0 Å². The molecule has 0 saturated heterocycles. The summed E-state index contributed by atoms with van der Waals surface area (Å²) >= 11 is 15.4. The minimum Gasteiger partial charge on any atom is -0.232 e. The van der Waals surface area contributed by atoms with Gasteiger partial charge < -0.3 is 0 Å². The zero-order chi connectivity index (χ0) is 14.9. The molecule has 6 heteroatoms. The number of nitrogens with zero attached hydrogens (tertiary/aromatic N) is 2. The van der Waals surface area contributed by atoms with E-state index in [1.165, 1.54) is 0 Å². The number of benzene rings is 1. The molecule has 0 saturated carbocycles. The summed E-state index contributed by atoms with van der Waals surface area (Å²) in [4.78, 5) is 9.07. The van der Waals surface area contributed by atoms with E-state index in [9.17, 15) is 0 Å². The van der Waals surface area contributed by atoms with Crippen LogP contribution in [0.25, 0.3) is 11.4 Å². The van der Waals surface area contributed by atoms with Crippen molar-refractivity contribution >= 4 is 66.1 Å². The number of halogens is 4. The Morgan fingerprint density at radius 2 is 1.90 bits per heavy atom. The molecule has 2 aromatic rings. The highest BCUT2D eigenvalue weighted by Gasteiger charge is 2.13. The molecule has 20 heavy (non-hydrogen) atoms. The summed E-state index contributed by atoms with van der Waals surface area (Å²) in [5.41, 5.74) is 1.96. The van der Waals surface area contributed by atoms with Gasteiger partial charge in [0.05, 0.1) is 9.26 Å². The first-order valence-electron chi connectivity index (χ1n) is 6.05. The number of rotatable bonds is 3. The van der Waals surface area contributed by atoms with Crippen molar-refractivity contribution in [2.24, 2.45) is 5.92 Å². The van der Waals surface area contributed by atoms with E-state index in [-0.39, 0.29) is 0 Å². The van der Waals surface area contributed by atoms with Gasteiger partial charge in [-0.3, -0.25) is 0 Å². The van der Waals surface area contributed by atoms with E-state index in [0.717, 1.165) is 30.2 Å². The molecule has 0 fully saturated rings. The molecule has 1 aromatic heterocycles. The molecule has 2 nitrogen and oxygen atoms in total. The van der Waals surface area contributed by atoms with Crippen LogP contribution in [0.1, 0.15) is 19.5 Å². The monoisotopic (exact) mass is 528 g/mol. The van der Waals surface area contributed by atoms with Crippen LogP contribution in [-0.4, -0.2) is 9.97 Å². The predicted molar refractivity (Wildman–Crippen MR) is 99.1 cm³/mol. The van der Waals surface area contributed by atoms with Crippen LogP contribution in [0.3, 0.4) is 0 Å². The van der Waals surface area contributed by atoms with Crippen LogP contribution in [0.15, 0.2) is 27.1 Å². The molecule has 0 N–H and O–H groups in total. The van der Waals surface area contributed by atoms with Gasteiger partial charge in [-0.25, -0.2) is 9.97 Å². The Bertz CT molecular complexity index is 647. The van der Waals surface area contributed by atoms with E-state index < -0.39 is 0 Å². The maximum Gasteiger partial charge on any atom is 0.161 e. The van der Waals surface area contributed by atoms with Crippen LogP contribution in [-0.2, 0) is 6.42 Å². The van der Waals surface area contributed by atoms with Crippen molar-refractivity contribution in [1.82, 2.24) is 9.97 Å². The molecular formula is C14H12Br2ClIN2. The molecule has 1 heterocycles. The first-order valence-corrected chi connectivity index (χ1v) is 9.10. The fourth-order valence-electron chi connectivity index (χ4n) is 1.75. The summed E-state index contributed by atoms with van der Waals surface area (Å²) in [7, 11) is 0. The summed E-state index contributed by atoms with van der Waals surface area (Å²) in [6.07, 6.45) is 0.894. The first kappa shape index (κ1) is 16.6. The van der Waals surface area contributed by atoms with Gasteiger partial charge in [0, 0.05) is 14.5 Å². The molecule has 0 unspecified atom stereocenters. The molecular weight excluding hydrogens is 518 g/mol. The van der Waals surface area contributed by atoms with E-state index in [0.29, 0.717) is 16.9 Å². The quantitative estimate of drug-likeness (QED) is 0.353. The van der Waals surface area contributed by atoms with Crippen molar-refractivity contribution in [3.05, 3.63) is 41.6 Å². The molecule has 0 aliphatic carbocycles. The average Bonchev–Trinajstić information content (AvgIpc) is 2.37. The van der Waals surface area contributed by atoms with Crippen molar-refractivity contribution in [2.75, 3.05) is 0 Å². The summed E-state index contributed by atoms with van der Waals surface area (Å²) < 4.78 is 2.91. The lowest BCUT2D eigenvalue weighted by atomic mass is 10.1. The fourth-order valence-corrected chi connectivity index (χ4v) is 3.03. The largest absolute Gasteiger partial charge is 0.232 e. The molecule has 0 radical (unpaired) electrons. The predicted octanol–water partition coefficient (Wildman–Crippen LogP) is 6.13. The highest BCUT2D eigenvalue weighted by atomic mass is 127. The Labute approximate surface area is 154 Å². The van der Waals surface area contributed by atoms with E-state index >= 15 is 0 Å². The van der Waals surface area contributed by atoms with E-state index in [4.69, 9.17) is 11.6 Å². The van der Waals surface area contributed by atoms with Crippen LogP contribution in [0, 0.1) is 9.49 Å². The number of hydrogen-bond acceptors (Lipinski definition) is 2. The maximum atomic E-state index is 6.24. The number of hydrogen-bond donors (Lipinski definition) is 0. The molecule has 0 aliphatic heterocycles. The Kier molecular flexibility index (Phi) is 5.85. The summed E-state index contributed by atoms with van der Waals surface area (Å²) in [6.45, 7) is 4.34. The molecule has 1 aromatic carbocycles. The molecule has 0 bridgehead atoms. The van der Waals surface area contributed by atoms with Crippen LogP contribution in [0.5, 0.6) is 0 Å². The van der Waals surface area contributed by atoms with Crippen LogP contribution < -0.4 is 0 Å². The van der Waals surface area contributed by atoms with Gasteiger partial charge in [-0.1, -0.05) is 25.4 Å². The SMILES string of the molecule is CC(C)Cc1nc(-c2ccc(Br)c(Br)c2)nc(Cl)c1I. The summed E-state index contributed by atoms with van der Waals surface area (Å²) in [5.74, 6) is 1.19. The third kappa shape index (κ3) is 3.93. The Morgan fingerprint density at radius 1 is 1.20 bits per heavy atom. The van der Waals surface area contributed by atoms with Gasteiger partial charge in [-0.2, -0.15) is 0 Å². The van der Waals surface area contributed by atoms with Gasteiger partial charge in [0.2, 0.25) is 0 Å². The van der Waals surface area contributed by atoms with Crippen LogP contribution >= 0.6 is 66.1 Å². The van der Waals surface area contributed by atoms with E-state index in [2.05, 4.69) is 78.3 Å². The van der Waals surface area contributed by atoms with Gasteiger partial charge in [0.1, 0.15) is 5.15 Å². The lowest BCUT2D eigenvalue weighted by molar-refractivity contribution is 0.632. The normalized spacial score (nSPS) is 11.2. The summed E-state index contributed by atoms with van der Waals surface area (Å²) in [5, 5.41) is 0.519. The smallest absolute Gasteiger partial charge is 0.161 e. The first-order chi connectivity index (χ1) is 9.38. The lowest BCUT2D eigenvalue weighted by Gasteiger charge is -2.10. The average molecular weight is 530 g/mol. The Balaban J connectivity index is 2.51.